The van der Waals surface area contributed by atoms with Crippen molar-refractivity contribution >= 4 is 33.4 Å². The van der Waals surface area contributed by atoms with Gasteiger partial charge in [-0.2, -0.15) is 0 Å². The van der Waals surface area contributed by atoms with Gasteiger partial charge in [-0.25, -0.2) is 9.13 Å². The largest absolute Gasteiger partial charge is 0.472 e. The molecule has 1 aliphatic rings. The van der Waals surface area contributed by atoms with Crippen LogP contribution in [0.15, 0.2) is 48.6 Å². The summed E-state index contributed by atoms with van der Waals surface area (Å²) in [5, 5.41) is 41.1. The highest BCUT2D eigenvalue weighted by molar-refractivity contribution is 7.47. The molecule has 1 unspecified atom stereocenters. The van der Waals surface area contributed by atoms with Gasteiger partial charge >= 0.3 is 27.6 Å². The summed E-state index contributed by atoms with van der Waals surface area (Å²) in [5.74, 6) is -2.56. The molecule has 0 aromatic carbocycles. The molecule has 1 saturated carbocycles. The van der Waals surface area contributed by atoms with Crippen molar-refractivity contribution in [2.45, 2.75) is 186 Å². The molecule has 0 aliphatic heterocycles. The second-order valence-corrected chi connectivity index (χ2v) is 19.3. The number of aliphatic hydroxyl groups excluding tert-OH is 4. The third-order valence-electron chi connectivity index (χ3n) is 10.7. The molecule has 1 fully saturated rings. The number of carbonyl (C=O) groups is 3. The third kappa shape index (κ3) is 33.7. The van der Waals surface area contributed by atoms with E-state index in [0.717, 1.165) is 38.5 Å². The summed E-state index contributed by atoms with van der Waals surface area (Å²) in [4.78, 5) is 65.9. The van der Waals surface area contributed by atoms with Crippen molar-refractivity contribution in [3.8, 4) is 0 Å². The molecule has 8 atom stereocenters. The van der Waals surface area contributed by atoms with Crippen LogP contribution in [0.5, 0.6) is 0 Å². The Balaban J connectivity index is 2.61. The van der Waals surface area contributed by atoms with Crippen LogP contribution in [0.2, 0.25) is 0 Å². The first-order chi connectivity index (χ1) is 31.0. The zero-order valence-electron chi connectivity index (χ0n) is 38.7. The molecule has 1 aliphatic carbocycles. The van der Waals surface area contributed by atoms with E-state index in [2.05, 4.69) is 47.2 Å². The van der Waals surface area contributed by atoms with E-state index < -0.39 is 96.4 Å². The Morgan fingerprint density at radius 1 is 0.646 bits per heavy atom. The van der Waals surface area contributed by atoms with Gasteiger partial charge in [-0.3, -0.25) is 28.0 Å². The first kappa shape index (κ1) is 60.6. The van der Waals surface area contributed by atoms with E-state index in [4.69, 9.17) is 23.8 Å². The summed E-state index contributed by atoms with van der Waals surface area (Å²) < 4.78 is 47.7. The van der Waals surface area contributed by atoms with E-state index in [1.807, 2.05) is 12.2 Å². The lowest BCUT2D eigenvalue weighted by atomic mass is 9.87. The number of phosphoric acid groups is 2. The number of Topliss-reactive ketones (excluding diaryl/α,β-unsaturated/α-hetero) is 1. The zero-order chi connectivity index (χ0) is 48.4. The molecule has 19 heteroatoms. The topological polar surface area (TPSA) is 273 Å². The number of ketones is 1. The van der Waals surface area contributed by atoms with Gasteiger partial charge in [0.2, 0.25) is 0 Å². The molecule has 376 valence electrons. The Kier molecular flexibility index (Phi) is 34.2. The molecule has 1 rings (SSSR count). The summed E-state index contributed by atoms with van der Waals surface area (Å²) >= 11 is 0. The van der Waals surface area contributed by atoms with E-state index >= 15 is 0 Å². The fourth-order valence-corrected chi connectivity index (χ4v) is 8.16. The first-order valence-electron chi connectivity index (χ1n) is 23.5. The predicted molar refractivity (Wildman–Crippen MR) is 246 cm³/mol. The molecule has 17 nitrogen and oxygen atoms in total. The van der Waals surface area contributed by atoms with Crippen LogP contribution in [0.25, 0.3) is 0 Å². The molecule has 0 radical (unpaired) electrons. The highest BCUT2D eigenvalue weighted by atomic mass is 31.2. The van der Waals surface area contributed by atoms with Crippen LogP contribution in [-0.2, 0) is 46.6 Å². The lowest BCUT2D eigenvalue weighted by Crippen LogP contribution is -2.30. The molecular weight excluding hydrogens is 886 g/mol. The van der Waals surface area contributed by atoms with Crippen LogP contribution in [0.3, 0.4) is 0 Å². The van der Waals surface area contributed by atoms with Gasteiger partial charge in [-0.1, -0.05) is 114 Å². The Morgan fingerprint density at radius 3 is 1.89 bits per heavy atom. The SMILES string of the molecule is CCCCCCCC/C=C\C/C=C\C/C=C\CCCC(=O)OC[C@H](COP(=O)(O)OC[C@@H](O)COP(=O)(O)O)OC(=O)CCCCC(=O)C[C@@H]1[C@@H](/C=C/[C@@H](O)CCCCC)[C@H](O)C[C@@H]1O. The molecule has 0 heterocycles. The average Bonchev–Trinajstić information content (AvgIpc) is 3.51. The van der Waals surface area contributed by atoms with E-state index in [1.165, 1.54) is 38.5 Å². The van der Waals surface area contributed by atoms with Gasteiger partial charge in [0.25, 0.3) is 0 Å². The molecule has 7 N–H and O–H groups in total. The van der Waals surface area contributed by atoms with Crippen molar-refractivity contribution in [3.63, 3.8) is 0 Å². The molecule has 0 amide bonds. The molecule has 65 heavy (non-hydrogen) atoms. The van der Waals surface area contributed by atoms with Crippen molar-refractivity contribution in [1.29, 1.82) is 0 Å². The van der Waals surface area contributed by atoms with Gasteiger partial charge in [0.15, 0.2) is 6.10 Å². The van der Waals surface area contributed by atoms with Crippen LogP contribution in [0.1, 0.15) is 155 Å². The van der Waals surface area contributed by atoms with Crippen molar-refractivity contribution in [2.75, 3.05) is 26.4 Å². The number of rotatable bonds is 40. The van der Waals surface area contributed by atoms with Gasteiger partial charge < -0.3 is 44.6 Å². The number of aliphatic hydroxyl groups is 4. The van der Waals surface area contributed by atoms with Crippen LogP contribution < -0.4 is 0 Å². The second-order valence-electron chi connectivity index (χ2n) is 16.6. The van der Waals surface area contributed by atoms with Crippen LogP contribution >= 0.6 is 15.6 Å². The minimum absolute atomic E-state index is 0.0104. The minimum atomic E-state index is -4.93. The number of esters is 2. The van der Waals surface area contributed by atoms with Crippen molar-refractivity contribution in [2.24, 2.45) is 11.8 Å². The molecule has 0 spiro atoms. The highest BCUT2D eigenvalue weighted by Gasteiger charge is 2.41. The highest BCUT2D eigenvalue weighted by Crippen LogP contribution is 2.44. The lowest BCUT2D eigenvalue weighted by Gasteiger charge is -2.21. The Bertz CT molecular complexity index is 1510. The van der Waals surface area contributed by atoms with E-state index in [9.17, 15) is 48.8 Å². The van der Waals surface area contributed by atoms with E-state index in [0.29, 0.717) is 25.7 Å². The predicted octanol–water partition coefficient (Wildman–Crippen LogP) is 7.79. The Labute approximate surface area is 386 Å². The molecular formula is C46H80O17P2. The standard InChI is InChI=1S/C46H80O17P2/c1-3-5-7-8-9-10-11-12-13-14-15-16-17-18-19-20-22-27-45(52)59-35-40(36-62-65(57,58)61-34-39(49)33-60-64(54,55)56)63-46(53)28-24-23-26-38(48)31-42-41(43(50)32-44(42)51)30-29-37(47)25-21-6-4-2/h12-13,15-16,18-19,29-30,37,39-44,47,49-51H,3-11,14,17,20-28,31-36H2,1-2H3,(H,57,58)(H2,54,55,56)/b13-12-,16-15-,19-18-,30-29+/t37-,39-,40+,41+,42+,43+,44-/m0/s1. The second kappa shape index (κ2) is 36.6. The zero-order valence-corrected chi connectivity index (χ0v) is 40.4. The number of carbonyl (C=O) groups excluding carboxylic acids is 3. The summed E-state index contributed by atoms with van der Waals surface area (Å²) in [5.41, 5.74) is 0. The molecule has 0 saturated heterocycles. The van der Waals surface area contributed by atoms with Gasteiger partial charge in [0, 0.05) is 43.9 Å². The number of unbranched alkanes of at least 4 members (excludes halogenated alkanes) is 10. The average molecular weight is 967 g/mol. The van der Waals surface area contributed by atoms with Crippen molar-refractivity contribution in [1.82, 2.24) is 0 Å². The molecule has 0 bridgehead atoms. The molecule has 0 aromatic heterocycles. The van der Waals surface area contributed by atoms with E-state index in [-0.39, 0.29) is 44.3 Å². The Hall–Kier alpha value is -2.37. The smallest absolute Gasteiger partial charge is 0.462 e. The maximum atomic E-state index is 12.9. The summed E-state index contributed by atoms with van der Waals surface area (Å²) in [7, 11) is -9.85. The third-order valence-corrected chi connectivity index (χ3v) is 12.1. The lowest BCUT2D eigenvalue weighted by molar-refractivity contribution is -0.161. The van der Waals surface area contributed by atoms with Gasteiger partial charge in [-0.05, 0) is 57.8 Å². The van der Waals surface area contributed by atoms with Crippen LogP contribution in [-0.4, -0.2) is 110 Å². The first-order valence-corrected chi connectivity index (χ1v) is 26.5. The van der Waals surface area contributed by atoms with E-state index in [1.54, 1.807) is 12.2 Å². The number of ether oxygens (including phenoxy) is 2. The quantitative estimate of drug-likeness (QED) is 0.0134. The maximum absolute atomic E-state index is 12.9. The molecule has 0 aromatic rings. The van der Waals surface area contributed by atoms with Crippen molar-refractivity contribution in [3.05, 3.63) is 48.6 Å². The fraction of sp³-hybridized carbons (Fsp3) is 0.761. The number of hydrogen-bond donors (Lipinski definition) is 7. The Morgan fingerprint density at radius 2 is 1.22 bits per heavy atom. The normalized spacial score (nSPS) is 20.5. The summed E-state index contributed by atoms with van der Waals surface area (Å²) in [6.07, 6.45) is 26.0. The van der Waals surface area contributed by atoms with Gasteiger partial charge in [-0.15, -0.1) is 0 Å². The minimum Gasteiger partial charge on any atom is -0.462 e. The monoisotopic (exact) mass is 966 g/mol. The maximum Gasteiger partial charge on any atom is 0.472 e. The van der Waals surface area contributed by atoms with Crippen molar-refractivity contribution < 1.29 is 81.7 Å². The summed E-state index contributed by atoms with van der Waals surface area (Å²) in [6, 6.07) is 0. The van der Waals surface area contributed by atoms with Gasteiger partial charge in [0.05, 0.1) is 38.1 Å². The van der Waals surface area contributed by atoms with Crippen LogP contribution in [0.4, 0.5) is 0 Å². The number of allylic oxidation sites excluding steroid dienone is 6. The van der Waals surface area contributed by atoms with Gasteiger partial charge in [0.1, 0.15) is 18.5 Å². The number of hydrogen-bond acceptors (Lipinski definition) is 14. The van der Waals surface area contributed by atoms with Crippen LogP contribution in [0, 0.1) is 11.8 Å². The fourth-order valence-electron chi connectivity index (χ4n) is 7.01. The summed E-state index contributed by atoms with van der Waals surface area (Å²) in [6.45, 7) is 1.16. The number of phosphoric ester groups is 2.